The molecule has 3 rings (SSSR count). The van der Waals surface area contributed by atoms with E-state index in [4.69, 9.17) is 0 Å². The van der Waals surface area contributed by atoms with Gasteiger partial charge in [-0.05, 0) is 24.5 Å². The van der Waals surface area contributed by atoms with Crippen LogP contribution in [-0.4, -0.2) is 21.8 Å². The van der Waals surface area contributed by atoms with Gasteiger partial charge < -0.3 is 15.0 Å². The molecule has 0 radical (unpaired) electrons. The zero-order valence-corrected chi connectivity index (χ0v) is 12.9. The number of nitrogens with zero attached hydrogens (tertiary/aromatic N) is 1. The van der Waals surface area contributed by atoms with E-state index < -0.39 is 5.60 Å². The van der Waals surface area contributed by atoms with Crippen LogP contribution in [-0.2, 0) is 13.6 Å². The average Bonchev–Trinajstić information content (AvgIpc) is 2.66. The van der Waals surface area contributed by atoms with E-state index in [1.54, 1.807) is 0 Å². The van der Waals surface area contributed by atoms with E-state index in [0.29, 0.717) is 6.54 Å². The summed E-state index contributed by atoms with van der Waals surface area (Å²) in [6, 6.07) is 8.49. The number of hydrogen-bond acceptors (Lipinski definition) is 2. The Kier molecular flexibility index (Phi) is 4.32. The second-order valence-electron chi connectivity index (χ2n) is 6.52. The van der Waals surface area contributed by atoms with Gasteiger partial charge in [-0.2, -0.15) is 0 Å². The molecule has 0 aliphatic heterocycles. The Morgan fingerprint density at radius 2 is 1.86 bits per heavy atom. The third kappa shape index (κ3) is 3.30. The van der Waals surface area contributed by atoms with E-state index in [2.05, 4.69) is 47.4 Å². The SMILES string of the molecule is Cn1cc(CNCC2(O)CCCCCC2)c2ccccc21. The molecule has 114 valence electrons. The highest BCUT2D eigenvalue weighted by molar-refractivity contribution is 5.83. The van der Waals surface area contributed by atoms with E-state index in [0.717, 1.165) is 32.2 Å². The number of aromatic nitrogens is 1. The molecule has 0 atom stereocenters. The van der Waals surface area contributed by atoms with Crippen LogP contribution in [0.1, 0.15) is 44.1 Å². The van der Waals surface area contributed by atoms with Crippen LogP contribution < -0.4 is 5.32 Å². The van der Waals surface area contributed by atoms with Crippen LogP contribution in [0, 0.1) is 0 Å². The summed E-state index contributed by atoms with van der Waals surface area (Å²) in [6.45, 7) is 1.53. The highest BCUT2D eigenvalue weighted by Gasteiger charge is 2.27. The Bertz CT molecular complexity index is 594. The number of aliphatic hydroxyl groups is 1. The molecule has 0 saturated heterocycles. The van der Waals surface area contributed by atoms with Gasteiger partial charge in [0.1, 0.15) is 0 Å². The maximum Gasteiger partial charge on any atom is 0.0771 e. The molecule has 0 spiro atoms. The van der Waals surface area contributed by atoms with E-state index in [-0.39, 0.29) is 0 Å². The van der Waals surface area contributed by atoms with Crippen molar-refractivity contribution in [2.45, 2.75) is 50.7 Å². The number of benzene rings is 1. The minimum Gasteiger partial charge on any atom is -0.389 e. The molecule has 1 aromatic heterocycles. The molecule has 1 aliphatic carbocycles. The van der Waals surface area contributed by atoms with Gasteiger partial charge in [-0.1, -0.05) is 43.9 Å². The van der Waals surface area contributed by atoms with Crippen molar-refractivity contribution in [3.05, 3.63) is 36.0 Å². The highest BCUT2D eigenvalue weighted by Crippen LogP contribution is 2.26. The Morgan fingerprint density at radius 1 is 1.14 bits per heavy atom. The second-order valence-corrected chi connectivity index (χ2v) is 6.52. The molecule has 3 heteroatoms. The molecule has 1 aliphatic rings. The second kappa shape index (κ2) is 6.20. The Balaban J connectivity index is 1.64. The van der Waals surface area contributed by atoms with Crippen molar-refractivity contribution in [1.29, 1.82) is 0 Å². The number of para-hydroxylation sites is 1. The first-order valence-corrected chi connectivity index (χ1v) is 8.14. The summed E-state index contributed by atoms with van der Waals surface area (Å²) in [5.74, 6) is 0. The summed E-state index contributed by atoms with van der Waals surface area (Å²) in [4.78, 5) is 0. The Morgan fingerprint density at radius 3 is 2.62 bits per heavy atom. The molecule has 0 amide bonds. The van der Waals surface area contributed by atoms with Crippen molar-refractivity contribution in [3.63, 3.8) is 0 Å². The van der Waals surface area contributed by atoms with E-state index >= 15 is 0 Å². The summed E-state index contributed by atoms with van der Waals surface area (Å²) in [7, 11) is 2.09. The van der Waals surface area contributed by atoms with Gasteiger partial charge in [0.05, 0.1) is 5.60 Å². The van der Waals surface area contributed by atoms with Crippen molar-refractivity contribution in [1.82, 2.24) is 9.88 Å². The summed E-state index contributed by atoms with van der Waals surface area (Å²) in [5, 5.41) is 15.5. The molecule has 21 heavy (non-hydrogen) atoms. The zero-order valence-electron chi connectivity index (χ0n) is 12.9. The molecule has 1 saturated carbocycles. The molecule has 1 heterocycles. The first kappa shape index (κ1) is 14.6. The van der Waals surface area contributed by atoms with Gasteiger partial charge in [0, 0.05) is 37.2 Å². The maximum absolute atomic E-state index is 10.7. The number of nitrogens with one attached hydrogen (secondary N) is 1. The van der Waals surface area contributed by atoms with Gasteiger partial charge >= 0.3 is 0 Å². The van der Waals surface area contributed by atoms with Gasteiger partial charge in [-0.3, -0.25) is 0 Å². The van der Waals surface area contributed by atoms with Crippen LogP contribution in [0.25, 0.3) is 10.9 Å². The molecular formula is C18H26N2O. The summed E-state index contributed by atoms with van der Waals surface area (Å²) < 4.78 is 2.17. The van der Waals surface area contributed by atoms with Crippen LogP contribution >= 0.6 is 0 Å². The number of aryl methyl sites for hydroxylation is 1. The fraction of sp³-hybridized carbons (Fsp3) is 0.556. The van der Waals surface area contributed by atoms with Crippen molar-refractivity contribution in [2.75, 3.05) is 6.54 Å². The van der Waals surface area contributed by atoms with E-state index in [9.17, 15) is 5.11 Å². The van der Waals surface area contributed by atoms with Crippen LogP contribution in [0.2, 0.25) is 0 Å². The minimum absolute atomic E-state index is 0.499. The summed E-state index contributed by atoms with van der Waals surface area (Å²) >= 11 is 0. The van der Waals surface area contributed by atoms with Crippen LogP contribution in [0.15, 0.2) is 30.5 Å². The zero-order chi connectivity index (χ0) is 14.7. The van der Waals surface area contributed by atoms with Crippen LogP contribution in [0.4, 0.5) is 0 Å². The molecule has 1 aromatic carbocycles. The maximum atomic E-state index is 10.7. The lowest BCUT2D eigenvalue weighted by atomic mass is 9.94. The molecule has 2 aromatic rings. The molecule has 0 bridgehead atoms. The van der Waals surface area contributed by atoms with Crippen molar-refractivity contribution < 1.29 is 5.11 Å². The standard InChI is InChI=1S/C18H26N2O/c1-20-13-15(16-8-4-5-9-17(16)20)12-19-14-18(21)10-6-2-3-7-11-18/h4-5,8-9,13,19,21H,2-3,6-7,10-12,14H2,1H3. The van der Waals surface area contributed by atoms with Crippen LogP contribution in [0.5, 0.6) is 0 Å². The third-order valence-electron chi connectivity index (χ3n) is 4.78. The van der Waals surface area contributed by atoms with E-state index in [1.807, 2.05) is 0 Å². The molecule has 1 fully saturated rings. The smallest absolute Gasteiger partial charge is 0.0771 e. The fourth-order valence-corrected chi connectivity index (χ4v) is 3.56. The van der Waals surface area contributed by atoms with Crippen molar-refractivity contribution in [3.8, 4) is 0 Å². The molecular weight excluding hydrogens is 260 g/mol. The predicted octanol–water partition coefficient (Wildman–Crippen LogP) is 3.35. The Hall–Kier alpha value is -1.32. The van der Waals surface area contributed by atoms with Crippen molar-refractivity contribution in [2.24, 2.45) is 7.05 Å². The summed E-state index contributed by atoms with van der Waals surface area (Å²) in [6.07, 6.45) is 8.93. The van der Waals surface area contributed by atoms with Crippen molar-refractivity contribution >= 4 is 10.9 Å². The largest absolute Gasteiger partial charge is 0.389 e. The number of fused-ring (bicyclic) bond motifs is 1. The van der Waals surface area contributed by atoms with Gasteiger partial charge in [-0.25, -0.2) is 0 Å². The topological polar surface area (TPSA) is 37.2 Å². The lowest BCUT2D eigenvalue weighted by Crippen LogP contribution is -2.39. The van der Waals surface area contributed by atoms with E-state index in [1.165, 1.54) is 29.3 Å². The van der Waals surface area contributed by atoms with Gasteiger partial charge in [-0.15, -0.1) is 0 Å². The van der Waals surface area contributed by atoms with Gasteiger partial charge in [0.2, 0.25) is 0 Å². The quantitative estimate of drug-likeness (QED) is 0.846. The van der Waals surface area contributed by atoms with Gasteiger partial charge in [0.15, 0.2) is 0 Å². The monoisotopic (exact) mass is 286 g/mol. The first-order valence-electron chi connectivity index (χ1n) is 8.14. The fourth-order valence-electron chi connectivity index (χ4n) is 3.56. The highest BCUT2D eigenvalue weighted by atomic mass is 16.3. The predicted molar refractivity (Wildman–Crippen MR) is 87.3 cm³/mol. The molecule has 2 N–H and O–H groups in total. The lowest BCUT2D eigenvalue weighted by Gasteiger charge is -2.26. The molecule has 3 nitrogen and oxygen atoms in total. The first-order chi connectivity index (χ1) is 10.2. The minimum atomic E-state index is -0.499. The molecule has 0 unspecified atom stereocenters. The Labute approximate surface area is 127 Å². The normalized spacial score (nSPS) is 18.8. The lowest BCUT2D eigenvalue weighted by molar-refractivity contribution is 0.0250. The summed E-state index contributed by atoms with van der Waals surface area (Å²) in [5.41, 5.74) is 2.08. The number of rotatable bonds is 4. The van der Waals surface area contributed by atoms with Crippen LogP contribution in [0.3, 0.4) is 0 Å². The number of hydrogen-bond donors (Lipinski definition) is 2. The average molecular weight is 286 g/mol. The third-order valence-corrected chi connectivity index (χ3v) is 4.78. The van der Waals surface area contributed by atoms with Gasteiger partial charge in [0.25, 0.3) is 0 Å².